The molecule has 0 radical (unpaired) electrons. The fraction of sp³-hybridized carbons (Fsp3) is 0.632. The Balaban J connectivity index is 1.77. The number of nitrogens with one attached hydrogen (secondary N) is 1. The van der Waals surface area contributed by atoms with Crippen molar-refractivity contribution in [1.29, 1.82) is 0 Å². The number of alkyl carbamates (subject to hydrolysis) is 1. The van der Waals surface area contributed by atoms with Crippen molar-refractivity contribution in [2.45, 2.75) is 71.3 Å². The number of hydrogen-bond acceptors (Lipinski definition) is 5. The van der Waals surface area contributed by atoms with Crippen LogP contribution in [0.5, 0.6) is 5.75 Å². The summed E-state index contributed by atoms with van der Waals surface area (Å²) in [6.45, 7) is 14.0. The third kappa shape index (κ3) is 3.69. The van der Waals surface area contributed by atoms with E-state index in [1.165, 1.54) is 0 Å². The van der Waals surface area contributed by atoms with E-state index >= 15 is 0 Å². The van der Waals surface area contributed by atoms with Crippen molar-refractivity contribution in [3.05, 3.63) is 23.8 Å². The van der Waals surface area contributed by atoms with Gasteiger partial charge in [0.05, 0.1) is 17.2 Å². The predicted molar refractivity (Wildman–Crippen MR) is 99.8 cm³/mol. The van der Waals surface area contributed by atoms with Gasteiger partial charge in [0.15, 0.2) is 0 Å². The fourth-order valence-corrected chi connectivity index (χ4v) is 2.93. The summed E-state index contributed by atoms with van der Waals surface area (Å²) in [4.78, 5) is 12.1. The van der Waals surface area contributed by atoms with Gasteiger partial charge in [-0.3, -0.25) is 0 Å². The summed E-state index contributed by atoms with van der Waals surface area (Å²) < 4.78 is 23.3. The molecule has 1 fully saturated rings. The third-order valence-corrected chi connectivity index (χ3v) is 5.03. The first kappa shape index (κ1) is 19.0. The van der Waals surface area contributed by atoms with Crippen LogP contribution in [0.3, 0.4) is 0 Å². The number of benzene rings is 1. The molecular weight excluding hydrogens is 333 g/mol. The van der Waals surface area contributed by atoms with Crippen LogP contribution in [-0.2, 0) is 14.0 Å². The second kappa shape index (κ2) is 6.17. The molecule has 0 spiro atoms. The van der Waals surface area contributed by atoms with Crippen LogP contribution in [0.2, 0.25) is 0 Å². The van der Waals surface area contributed by atoms with E-state index in [2.05, 4.69) is 5.32 Å². The summed E-state index contributed by atoms with van der Waals surface area (Å²) in [5.74, 6) is 0.756. The lowest BCUT2D eigenvalue weighted by Gasteiger charge is -2.32. The van der Waals surface area contributed by atoms with Crippen molar-refractivity contribution in [3.8, 4) is 5.75 Å². The van der Waals surface area contributed by atoms with Gasteiger partial charge in [0.25, 0.3) is 0 Å². The Kier molecular flexibility index (Phi) is 4.52. The van der Waals surface area contributed by atoms with Gasteiger partial charge < -0.3 is 24.1 Å². The maximum atomic E-state index is 12.1. The van der Waals surface area contributed by atoms with Gasteiger partial charge in [-0.25, -0.2) is 4.79 Å². The molecule has 0 saturated carbocycles. The average Bonchev–Trinajstić information content (AvgIpc) is 2.95. The largest absolute Gasteiger partial charge is 0.494 e. The minimum atomic E-state index is -0.545. The highest BCUT2D eigenvalue weighted by atomic mass is 16.7. The summed E-state index contributed by atoms with van der Waals surface area (Å²) in [5, 5.41) is 2.87. The monoisotopic (exact) mass is 361 g/mol. The molecule has 0 bridgehead atoms. The van der Waals surface area contributed by atoms with E-state index in [9.17, 15) is 4.79 Å². The van der Waals surface area contributed by atoms with Crippen LogP contribution in [-0.4, -0.2) is 36.6 Å². The molecule has 1 saturated heterocycles. The van der Waals surface area contributed by atoms with E-state index in [4.69, 9.17) is 18.8 Å². The highest BCUT2D eigenvalue weighted by Crippen LogP contribution is 2.37. The number of carbonyl (C=O) groups excluding carboxylic acids is 1. The maximum Gasteiger partial charge on any atom is 0.494 e. The smallest absolute Gasteiger partial charge is 0.491 e. The van der Waals surface area contributed by atoms with Gasteiger partial charge in [-0.1, -0.05) is 12.1 Å². The van der Waals surface area contributed by atoms with Gasteiger partial charge in [0.1, 0.15) is 18.0 Å². The van der Waals surface area contributed by atoms with Crippen LogP contribution < -0.4 is 15.5 Å². The van der Waals surface area contributed by atoms with Gasteiger partial charge in [-0.05, 0) is 60.0 Å². The molecule has 1 atom stereocenters. The van der Waals surface area contributed by atoms with E-state index in [1.54, 1.807) is 0 Å². The maximum absolute atomic E-state index is 12.1. The Morgan fingerprint density at radius 2 is 1.81 bits per heavy atom. The molecule has 3 rings (SSSR count). The van der Waals surface area contributed by atoms with Gasteiger partial charge in [0.2, 0.25) is 0 Å². The molecule has 2 aliphatic heterocycles. The van der Waals surface area contributed by atoms with E-state index in [1.807, 2.05) is 66.7 Å². The molecule has 7 heteroatoms. The summed E-state index contributed by atoms with van der Waals surface area (Å²) in [7, 11) is -0.451. The fourth-order valence-electron chi connectivity index (χ4n) is 2.93. The molecule has 6 nitrogen and oxygen atoms in total. The SMILES string of the molecule is CC(C)(C)OC(=O)N[C@@H]1COc2ccc(B3OC(C)(C)C(C)(C)O3)cc21. The van der Waals surface area contributed by atoms with Crippen LogP contribution in [0, 0.1) is 0 Å². The molecule has 0 aromatic heterocycles. The van der Waals surface area contributed by atoms with Crippen molar-refractivity contribution in [3.63, 3.8) is 0 Å². The molecule has 2 aliphatic rings. The Hall–Kier alpha value is -1.73. The Labute approximate surface area is 155 Å². The summed E-state index contributed by atoms with van der Waals surface area (Å²) in [6.07, 6.45) is -0.458. The molecule has 2 heterocycles. The minimum Gasteiger partial charge on any atom is -0.491 e. The van der Waals surface area contributed by atoms with Crippen molar-refractivity contribution in [2.75, 3.05) is 6.61 Å². The quantitative estimate of drug-likeness (QED) is 0.821. The van der Waals surface area contributed by atoms with Crippen LogP contribution >= 0.6 is 0 Å². The summed E-state index contributed by atoms with van der Waals surface area (Å²) in [5.41, 5.74) is 0.464. The molecule has 1 aromatic carbocycles. The standard InChI is InChI=1S/C19H28BNO5/c1-17(2,3)24-16(22)21-14-11-23-15-9-8-12(10-13(14)15)20-25-18(4,5)19(6,7)26-20/h8-10,14H,11H2,1-7H3,(H,21,22)/t14-/m1/s1. The number of amides is 1. The van der Waals surface area contributed by atoms with Crippen LogP contribution in [0.1, 0.15) is 60.1 Å². The van der Waals surface area contributed by atoms with E-state index in [-0.39, 0.29) is 6.04 Å². The first-order valence-corrected chi connectivity index (χ1v) is 9.00. The van der Waals surface area contributed by atoms with E-state index < -0.39 is 30.0 Å². The zero-order valence-electron chi connectivity index (χ0n) is 16.6. The van der Waals surface area contributed by atoms with Crippen molar-refractivity contribution in [1.82, 2.24) is 5.32 Å². The zero-order valence-corrected chi connectivity index (χ0v) is 16.6. The zero-order chi connectivity index (χ0) is 19.3. The van der Waals surface area contributed by atoms with Gasteiger partial charge in [0, 0.05) is 5.56 Å². The lowest BCUT2D eigenvalue weighted by atomic mass is 9.78. The lowest BCUT2D eigenvalue weighted by molar-refractivity contribution is 0.00578. The molecule has 0 aliphatic carbocycles. The molecule has 0 unspecified atom stereocenters. The normalized spacial score (nSPS) is 23.3. The topological polar surface area (TPSA) is 66.0 Å². The minimum absolute atomic E-state index is 0.262. The molecular formula is C19H28BNO5. The van der Waals surface area contributed by atoms with Crippen molar-refractivity contribution >= 4 is 18.7 Å². The highest BCUT2D eigenvalue weighted by Gasteiger charge is 2.52. The Morgan fingerprint density at radius 1 is 1.19 bits per heavy atom. The van der Waals surface area contributed by atoms with Crippen LogP contribution in [0.15, 0.2) is 18.2 Å². The molecule has 1 aromatic rings. The van der Waals surface area contributed by atoms with E-state index in [0.29, 0.717) is 6.61 Å². The third-order valence-electron chi connectivity index (χ3n) is 5.03. The number of carbonyl (C=O) groups is 1. The molecule has 26 heavy (non-hydrogen) atoms. The molecule has 1 N–H and O–H groups in total. The average molecular weight is 361 g/mol. The number of ether oxygens (including phenoxy) is 2. The predicted octanol–water partition coefficient (Wildman–Crippen LogP) is 2.94. The van der Waals surface area contributed by atoms with Crippen molar-refractivity contribution < 1.29 is 23.6 Å². The molecule has 1 amide bonds. The van der Waals surface area contributed by atoms with Crippen LogP contribution in [0.25, 0.3) is 0 Å². The number of hydrogen-bond donors (Lipinski definition) is 1. The summed E-state index contributed by atoms with van der Waals surface area (Å²) in [6, 6.07) is 5.55. The second-order valence-corrected chi connectivity index (χ2v) is 8.90. The first-order chi connectivity index (χ1) is 11.9. The lowest BCUT2D eigenvalue weighted by Crippen LogP contribution is -2.41. The van der Waals surface area contributed by atoms with Crippen LogP contribution in [0.4, 0.5) is 4.79 Å². The summed E-state index contributed by atoms with van der Waals surface area (Å²) >= 11 is 0. The van der Waals surface area contributed by atoms with Gasteiger partial charge in [-0.15, -0.1) is 0 Å². The van der Waals surface area contributed by atoms with Gasteiger partial charge >= 0.3 is 13.2 Å². The second-order valence-electron chi connectivity index (χ2n) is 8.90. The Bertz CT molecular complexity index is 694. The first-order valence-electron chi connectivity index (χ1n) is 9.00. The van der Waals surface area contributed by atoms with Crippen molar-refractivity contribution in [2.24, 2.45) is 0 Å². The highest BCUT2D eigenvalue weighted by molar-refractivity contribution is 6.62. The number of rotatable bonds is 2. The molecule has 142 valence electrons. The van der Waals surface area contributed by atoms with E-state index in [0.717, 1.165) is 16.8 Å². The Morgan fingerprint density at radius 3 is 2.38 bits per heavy atom. The van der Waals surface area contributed by atoms with Gasteiger partial charge in [-0.2, -0.15) is 0 Å². The number of fused-ring (bicyclic) bond motifs is 1.